The summed E-state index contributed by atoms with van der Waals surface area (Å²) < 4.78 is 0. The van der Waals surface area contributed by atoms with Gasteiger partial charge in [-0.1, -0.05) is 11.6 Å². The molecule has 3 N–H and O–H groups in total. The summed E-state index contributed by atoms with van der Waals surface area (Å²) in [6.07, 6.45) is 2.19. The summed E-state index contributed by atoms with van der Waals surface area (Å²) >= 11 is 6.07. The molecule has 0 aliphatic heterocycles. The molecule has 0 aromatic heterocycles. The van der Waals surface area contributed by atoms with Crippen LogP contribution in [0.15, 0.2) is 18.2 Å². The summed E-state index contributed by atoms with van der Waals surface area (Å²) in [4.78, 5) is 13.5. The molecule has 1 aromatic carbocycles. The van der Waals surface area contributed by atoms with Gasteiger partial charge in [0, 0.05) is 18.8 Å². The van der Waals surface area contributed by atoms with Crippen LogP contribution < -0.4 is 16.0 Å². The van der Waals surface area contributed by atoms with Gasteiger partial charge in [0.15, 0.2) is 0 Å². The maximum atomic E-state index is 11.6. The number of nitrogen functional groups attached to an aromatic ring is 1. The van der Waals surface area contributed by atoms with E-state index in [0.717, 1.165) is 18.5 Å². The molecule has 0 heterocycles. The van der Waals surface area contributed by atoms with Crippen LogP contribution in [0.1, 0.15) is 12.8 Å². The summed E-state index contributed by atoms with van der Waals surface area (Å²) in [5.41, 5.74) is 7.05. The maximum Gasteiger partial charge on any atom is 0.239 e. The standard InChI is InChI=1S/C12H16ClN3O/c1-16(7-12(17)15-9-3-4-9)11-5-2-8(14)6-10(11)13/h2,5-6,9H,3-4,7,14H2,1H3,(H,15,17). The predicted octanol–water partition coefficient (Wildman–Crippen LogP) is 1.64. The van der Waals surface area contributed by atoms with Gasteiger partial charge in [0.25, 0.3) is 0 Å². The van der Waals surface area contributed by atoms with Gasteiger partial charge in [-0.05, 0) is 31.0 Å². The topological polar surface area (TPSA) is 58.4 Å². The van der Waals surface area contributed by atoms with E-state index < -0.39 is 0 Å². The second kappa shape index (κ2) is 4.84. The lowest BCUT2D eigenvalue weighted by Crippen LogP contribution is -2.36. The lowest BCUT2D eigenvalue weighted by Gasteiger charge is -2.20. The molecule has 0 saturated heterocycles. The number of carbonyl (C=O) groups excluding carboxylic acids is 1. The monoisotopic (exact) mass is 253 g/mol. The average molecular weight is 254 g/mol. The lowest BCUT2D eigenvalue weighted by atomic mass is 10.2. The molecule has 0 radical (unpaired) electrons. The fraction of sp³-hybridized carbons (Fsp3) is 0.417. The van der Waals surface area contributed by atoms with Crippen LogP contribution in [-0.4, -0.2) is 25.5 Å². The number of nitrogens with two attached hydrogens (primary N) is 1. The van der Waals surface area contributed by atoms with Crippen LogP contribution in [0.25, 0.3) is 0 Å². The smallest absolute Gasteiger partial charge is 0.239 e. The van der Waals surface area contributed by atoms with Gasteiger partial charge in [-0.25, -0.2) is 0 Å². The van der Waals surface area contributed by atoms with Crippen LogP contribution in [0.3, 0.4) is 0 Å². The Bertz CT molecular complexity index is 432. The van der Waals surface area contributed by atoms with Crippen molar-refractivity contribution in [1.29, 1.82) is 0 Å². The van der Waals surface area contributed by atoms with Crippen molar-refractivity contribution in [3.63, 3.8) is 0 Å². The first kappa shape index (κ1) is 12.0. The van der Waals surface area contributed by atoms with E-state index in [1.54, 1.807) is 12.1 Å². The van der Waals surface area contributed by atoms with Crippen LogP contribution in [0, 0.1) is 0 Å². The van der Waals surface area contributed by atoms with Crippen LogP contribution >= 0.6 is 11.6 Å². The third-order valence-corrected chi connectivity index (χ3v) is 3.01. The molecule has 1 aliphatic rings. The fourth-order valence-electron chi connectivity index (χ4n) is 1.63. The number of anilines is 2. The highest BCUT2D eigenvalue weighted by Gasteiger charge is 2.23. The van der Waals surface area contributed by atoms with E-state index in [9.17, 15) is 4.79 Å². The van der Waals surface area contributed by atoms with Gasteiger partial charge in [-0.2, -0.15) is 0 Å². The molecular formula is C12H16ClN3O. The summed E-state index contributed by atoms with van der Waals surface area (Å²) in [6, 6.07) is 5.67. The number of rotatable bonds is 4. The normalized spacial score (nSPS) is 14.5. The van der Waals surface area contributed by atoms with Gasteiger partial charge in [0.2, 0.25) is 5.91 Å². The van der Waals surface area contributed by atoms with E-state index in [-0.39, 0.29) is 5.91 Å². The zero-order valence-electron chi connectivity index (χ0n) is 9.74. The summed E-state index contributed by atoms with van der Waals surface area (Å²) in [6.45, 7) is 0.306. The Morgan fingerprint density at radius 2 is 2.29 bits per heavy atom. The van der Waals surface area contributed by atoms with Gasteiger partial charge in [0.05, 0.1) is 17.3 Å². The first-order chi connectivity index (χ1) is 8.06. The van der Waals surface area contributed by atoms with Gasteiger partial charge in [0.1, 0.15) is 0 Å². The molecule has 2 rings (SSSR count). The molecule has 1 aliphatic carbocycles. The van der Waals surface area contributed by atoms with Crippen molar-refractivity contribution in [1.82, 2.24) is 5.32 Å². The molecule has 1 saturated carbocycles. The molecule has 1 fully saturated rings. The van der Waals surface area contributed by atoms with Crippen LogP contribution in [0.5, 0.6) is 0 Å². The third-order valence-electron chi connectivity index (χ3n) is 2.71. The summed E-state index contributed by atoms with van der Waals surface area (Å²) in [5, 5.41) is 3.50. The molecule has 17 heavy (non-hydrogen) atoms. The maximum absolute atomic E-state index is 11.6. The van der Waals surface area contributed by atoms with Gasteiger partial charge in [-0.3, -0.25) is 4.79 Å². The molecule has 5 heteroatoms. The summed E-state index contributed by atoms with van der Waals surface area (Å²) in [7, 11) is 1.84. The van der Waals surface area contributed by atoms with Crippen molar-refractivity contribution in [2.24, 2.45) is 0 Å². The second-order valence-corrected chi connectivity index (χ2v) is 4.82. The number of nitrogens with one attached hydrogen (secondary N) is 1. The Morgan fingerprint density at radius 1 is 1.59 bits per heavy atom. The Labute approximate surface area is 106 Å². The number of hydrogen-bond acceptors (Lipinski definition) is 3. The van der Waals surface area contributed by atoms with E-state index in [1.807, 2.05) is 18.0 Å². The minimum absolute atomic E-state index is 0.0305. The molecule has 92 valence electrons. The van der Waals surface area contributed by atoms with Crippen LogP contribution in [0.2, 0.25) is 5.02 Å². The van der Waals surface area contributed by atoms with Crippen molar-refractivity contribution < 1.29 is 4.79 Å². The van der Waals surface area contributed by atoms with Gasteiger partial charge >= 0.3 is 0 Å². The van der Waals surface area contributed by atoms with Crippen LogP contribution in [-0.2, 0) is 4.79 Å². The third kappa shape index (κ3) is 3.27. The molecule has 1 aromatic rings. The zero-order chi connectivity index (χ0) is 12.4. The zero-order valence-corrected chi connectivity index (χ0v) is 10.5. The Kier molecular flexibility index (Phi) is 3.43. The van der Waals surface area contributed by atoms with Crippen molar-refractivity contribution in [3.8, 4) is 0 Å². The van der Waals surface area contributed by atoms with Gasteiger partial charge < -0.3 is 16.0 Å². The number of amides is 1. The van der Waals surface area contributed by atoms with Crippen LogP contribution in [0.4, 0.5) is 11.4 Å². The number of carbonyl (C=O) groups is 1. The Hall–Kier alpha value is -1.42. The average Bonchev–Trinajstić information content (AvgIpc) is 3.00. The number of nitrogens with zero attached hydrogens (tertiary/aromatic N) is 1. The highest BCUT2D eigenvalue weighted by atomic mass is 35.5. The number of hydrogen-bond donors (Lipinski definition) is 2. The Morgan fingerprint density at radius 3 is 2.88 bits per heavy atom. The molecule has 0 unspecified atom stereocenters. The molecule has 1 amide bonds. The largest absolute Gasteiger partial charge is 0.399 e. The molecule has 4 nitrogen and oxygen atoms in total. The van der Waals surface area contributed by atoms with E-state index in [1.165, 1.54) is 0 Å². The minimum Gasteiger partial charge on any atom is -0.399 e. The lowest BCUT2D eigenvalue weighted by molar-refractivity contribution is -0.119. The molecule has 0 atom stereocenters. The van der Waals surface area contributed by atoms with E-state index in [4.69, 9.17) is 17.3 Å². The van der Waals surface area contributed by atoms with Crippen molar-refractivity contribution in [2.45, 2.75) is 18.9 Å². The number of halogens is 1. The quantitative estimate of drug-likeness (QED) is 0.802. The van der Waals surface area contributed by atoms with E-state index in [0.29, 0.717) is 23.3 Å². The predicted molar refractivity (Wildman–Crippen MR) is 70.3 cm³/mol. The molecular weight excluding hydrogens is 238 g/mol. The van der Waals surface area contributed by atoms with E-state index >= 15 is 0 Å². The van der Waals surface area contributed by atoms with Gasteiger partial charge in [-0.15, -0.1) is 0 Å². The van der Waals surface area contributed by atoms with E-state index in [2.05, 4.69) is 5.32 Å². The minimum atomic E-state index is 0.0305. The fourth-order valence-corrected chi connectivity index (χ4v) is 1.97. The first-order valence-corrected chi connectivity index (χ1v) is 5.99. The number of likely N-dealkylation sites (N-methyl/N-ethyl adjacent to an activating group) is 1. The highest BCUT2D eigenvalue weighted by molar-refractivity contribution is 6.33. The SMILES string of the molecule is CN(CC(=O)NC1CC1)c1ccc(N)cc1Cl. The van der Waals surface area contributed by atoms with Crippen molar-refractivity contribution in [3.05, 3.63) is 23.2 Å². The first-order valence-electron chi connectivity index (χ1n) is 5.62. The van der Waals surface area contributed by atoms with Crippen molar-refractivity contribution in [2.75, 3.05) is 24.2 Å². The molecule has 0 spiro atoms. The number of benzene rings is 1. The Balaban J connectivity index is 1.97. The van der Waals surface area contributed by atoms with Crippen molar-refractivity contribution >= 4 is 28.9 Å². The highest BCUT2D eigenvalue weighted by Crippen LogP contribution is 2.26. The summed E-state index contributed by atoms with van der Waals surface area (Å²) in [5.74, 6) is 0.0305. The second-order valence-electron chi connectivity index (χ2n) is 4.41. The molecule has 0 bridgehead atoms.